The largest absolute Gasteiger partial charge is 0.508 e. The number of rotatable bonds is 6. The van der Waals surface area contributed by atoms with Gasteiger partial charge in [0.2, 0.25) is 0 Å². The molecule has 0 aliphatic rings. The quantitative estimate of drug-likeness (QED) is 0.776. The smallest absolute Gasteiger partial charge is 0.142 e. The maximum Gasteiger partial charge on any atom is 0.142 e. The molecule has 2 N–H and O–H groups in total. The number of benzene rings is 2. The highest BCUT2D eigenvalue weighted by atomic mass is 35.5. The summed E-state index contributed by atoms with van der Waals surface area (Å²) in [6.07, 6.45) is 0.928. The minimum absolute atomic E-state index is 0.199. The molecule has 3 nitrogen and oxygen atoms in total. The van der Waals surface area contributed by atoms with E-state index >= 15 is 0 Å². The van der Waals surface area contributed by atoms with Gasteiger partial charge in [0.1, 0.15) is 11.5 Å². The predicted octanol–water partition coefficient (Wildman–Crippen LogP) is 5.10. The first kappa shape index (κ1) is 15.8. The zero-order valence-corrected chi connectivity index (χ0v) is 13.2. The second-order valence-electron chi connectivity index (χ2n) is 4.62. The van der Waals surface area contributed by atoms with Crippen LogP contribution >= 0.6 is 23.2 Å². The summed E-state index contributed by atoms with van der Waals surface area (Å²) < 4.78 is 5.67. The van der Waals surface area contributed by atoms with Gasteiger partial charge < -0.3 is 15.2 Å². The van der Waals surface area contributed by atoms with E-state index in [9.17, 15) is 5.11 Å². The van der Waals surface area contributed by atoms with E-state index in [0.717, 1.165) is 17.9 Å². The molecule has 0 amide bonds. The topological polar surface area (TPSA) is 41.5 Å². The van der Waals surface area contributed by atoms with E-state index < -0.39 is 0 Å². The third-order valence-corrected chi connectivity index (χ3v) is 3.38. The van der Waals surface area contributed by atoms with Crippen molar-refractivity contribution in [3.05, 3.63) is 52.0 Å². The third-order valence-electron chi connectivity index (χ3n) is 2.91. The van der Waals surface area contributed by atoms with Crippen molar-refractivity contribution in [3.8, 4) is 11.5 Å². The molecule has 2 rings (SSSR count). The van der Waals surface area contributed by atoms with Crippen LogP contribution < -0.4 is 10.1 Å². The number of hydrogen-bond donors (Lipinski definition) is 2. The van der Waals surface area contributed by atoms with Crippen LogP contribution in [-0.4, -0.2) is 11.7 Å². The van der Waals surface area contributed by atoms with Crippen LogP contribution in [0.5, 0.6) is 11.5 Å². The summed E-state index contributed by atoms with van der Waals surface area (Å²) in [5.74, 6) is 0.938. The molecule has 2 aromatic rings. The van der Waals surface area contributed by atoms with Gasteiger partial charge in [-0.25, -0.2) is 0 Å². The van der Waals surface area contributed by atoms with Gasteiger partial charge in [-0.2, -0.15) is 0 Å². The van der Waals surface area contributed by atoms with Crippen molar-refractivity contribution < 1.29 is 9.84 Å². The first-order valence-electron chi connectivity index (χ1n) is 6.73. The normalized spacial score (nSPS) is 10.4. The minimum Gasteiger partial charge on any atom is -0.508 e. The molecule has 0 saturated carbocycles. The average molecular weight is 326 g/mol. The highest BCUT2D eigenvalue weighted by Crippen LogP contribution is 2.30. The van der Waals surface area contributed by atoms with Crippen LogP contribution in [0.2, 0.25) is 10.0 Å². The molecule has 0 aliphatic carbocycles. The van der Waals surface area contributed by atoms with Gasteiger partial charge in [-0.1, -0.05) is 30.1 Å². The number of ether oxygens (including phenoxy) is 1. The van der Waals surface area contributed by atoms with Gasteiger partial charge in [-0.05, 0) is 42.8 Å². The minimum atomic E-state index is 0.199. The van der Waals surface area contributed by atoms with Crippen molar-refractivity contribution >= 4 is 28.9 Å². The Morgan fingerprint density at radius 1 is 1.10 bits per heavy atom. The van der Waals surface area contributed by atoms with Gasteiger partial charge in [0.05, 0.1) is 12.3 Å². The zero-order valence-electron chi connectivity index (χ0n) is 11.7. The van der Waals surface area contributed by atoms with E-state index in [1.54, 1.807) is 30.3 Å². The summed E-state index contributed by atoms with van der Waals surface area (Å²) in [6, 6.07) is 10.4. The van der Waals surface area contributed by atoms with E-state index in [0.29, 0.717) is 28.8 Å². The fourth-order valence-electron chi connectivity index (χ4n) is 1.86. The van der Waals surface area contributed by atoms with Crippen LogP contribution in [-0.2, 0) is 6.54 Å². The van der Waals surface area contributed by atoms with Gasteiger partial charge in [-0.15, -0.1) is 0 Å². The Hall–Kier alpha value is -1.58. The molecule has 2 aromatic carbocycles. The van der Waals surface area contributed by atoms with Crippen LogP contribution in [0.1, 0.15) is 18.9 Å². The molecular formula is C16H17Cl2NO2. The molecular weight excluding hydrogens is 309 g/mol. The Balaban J connectivity index is 2.14. The summed E-state index contributed by atoms with van der Waals surface area (Å²) in [6.45, 7) is 3.11. The molecule has 0 bridgehead atoms. The van der Waals surface area contributed by atoms with E-state index in [1.165, 1.54) is 0 Å². The number of phenols is 1. The Morgan fingerprint density at radius 2 is 1.81 bits per heavy atom. The number of phenolic OH excluding ortho intramolecular Hbond substituents is 1. The molecule has 0 saturated heterocycles. The average Bonchev–Trinajstić information content (AvgIpc) is 2.47. The number of halogens is 2. The SMILES string of the molecule is CCCOc1ccc(Cl)cc1NCc1cc(Cl)ccc1O. The van der Waals surface area contributed by atoms with E-state index in [4.69, 9.17) is 27.9 Å². The van der Waals surface area contributed by atoms with Gasteiger partial charge in [0.25, 0.3) is 0 Å². The van der Waals surface area contributed by atoms with E-state index in [1.807, 2.05) is 13.0 Å². The lowest BCUT2D eigenvalue weighted by atomic mass is 10.2. The van der Waals surface area contributed by atoms with E-state index in [-0.39, 0.29) is 5.75 Å². The van der Waals surface area contributed by atoms with Gasteiger partial charge in [-0.3, -0.25) is 0 Å². The molecule has 0 aliphatic heterocycles. The standard InChI is InChI=1S/C16H17Cl2NO2/c1-2-7-21-16-6-4-13(18)9-14(16)19-10-11-8-12(17)3-5-15(11)20/h3-6,8-9,19-20H,2,7,10H2,1H3. The highest BCUT2D eigenvalue weighted by Gasteiger charge is 2.07. The molecule has 112 valence electrons. The molecule has 0 radical (unpaired) electrons. The molecule has 0 spiro atoms. The zero-order chi connectivity index (χ0) is 15.2. The number of nitrogens with one attached hydrogen (secondary N) is 1. The number of aromatic hydroxyl groups is 1. The summed E-state index contributed by atoms with van der Waals surface area (Å²) in [4.78, 5) is 0. The molecule has 0 aromatic heterocycles. The van der Waals surface area contributed by atoms with Gasteiger partial charge in [0.15, 0.2) is 0 Å². The molecule has 0 unspecified atom stereocenters. The lowest BCUT2D eigenvalue weighted by Gasteiger charge is -2.14. The molecule has 0 fully saturated rings. The second-order valence-corrected chi connectivity index (χ2v) is 5.49. The maximum absolute atomic E-state index is 9.82. The van der Waals surface area contributed by atoms with Crippen molar-refractivity contribution in [2.45, 2.75) is 19.9 Å². The van der Waals surface area contributed by atoms with Crippen LogP contribution in [0.15, 0.2) is 36.4 Å². The Bertz CT molecular complexity index is 617. The lowest BCUT2D eigenvalue weighted by Crippen LogP contribution is -2.04. The molecule has 0 heterocycles. The number of hydrogen-bond acceptors (Lipinski definition) is 3. The maximum atomic E-state index is 9.82. The van der Waals surface area contributed by atoms with Crippen LogP contribution in [0.25, 0.3) is 0 Å². The van der Waals surface area contributed by atoms with Crippen LogP contribution in [0, 0.1) is 0 Å². The van der Waals surface area contributed by atoms with Gasteiger partial charge >= 0.3 is 0 Å². The fraction of sp³-hybridized carbons (Fsp3) is 0.250. The monoisotopic (exact) mass is 325 g/mol. The summed E-state index contributed by atoms with van der Waals surface area (Å²) in [5, 5.41) is 14.2. The van der Waals surface area contributed by atoms with Crippen molar-refractivity contribution in [3.63, 3.8) is 0 Å². The van der Waals surface area contributed by atoms with Crippen LogP contribution in [0.4, 0.5) is 5.69 Å². The molecule has 0 atom stereocenters. The Kier molecular flexibility index (Phi) is 5.59. The van der Waals surface area contributed by atoms with Crippen molar-refractivity contribution in [2.24, 2.45) is 0 Å². The predicted molar refractivity (Wildman–Crippen MR) is 87.7 cm³/mol. The second kappa shape index (κ2) is 7.43. The van der Waals surface area contributed by atoms with Gasteiger partial charge in [0, 0.05) is 22.2 Å². The Labute approximate surface area is 134 Å². The van der Waals surface area contributed by atoms with E-state index in [2.05, 4.69) is 5.32 Å². The molecule has 5 heteroatoms. The van der Waals surface area contributed by atoms with Crippen molar-refractivity contribution in [1.82, 2.24) is 0 Å². The summed E-state index contributed by atoms with van der Waals surface area (Å²) in [5.41, 5.74) is 1.50. The number of anilines is 1. The third kappa shape index (κ3) is 4.45. The fourth-order valence-corrected chi connectivity index (χ4v) is 2.23. The first-order valence-corrected chi connectivity index (χ1v) is 7.49. The lowest BCUT2D eigenvalue weighted by molar-refractivity contribution is 0.319. The van der Waals surface area contributed by atoms with Crippen molar-refractivity contribution in [1.29, 1.82) is 0 Å². The highest BCUT2D eigenvalue weighted by molar-refractivity contribution is 6.31. The van der Waals surface area contributed by atoms with Crippen LogP contribution in [0.3, 0.4) is 0 Å². The summed E-state index contributed by atoms with van der Waals surface area (Å²) >= 11 is 12.0. The first-order chi connectivity index (χ1) is 10.1. The molecule has 21 heavy (non-hydrogen) atoms. The summed E-state index contributed by atoms with van der Waals surface area (Å²) in [7, 11) is 0. The Morgan fingerprint density at radius 3 is 2.57 bits per heavy atom. The van der Waals surface area contributed by atoms with Crippen molar-refractivity contribution in [2.75, 3.05) is 11.9 Å².